The van der Waals surface area contributed by atoms with E-state index < -0.39 is 5.41 Å². The Kier molecular flexibility index (Phi) is 10.3. The highest BCUT2D eigenvalue weighted by Gasteiger charge is 2.52. The summed E-state index contributed by atoms with van der Waals surface area (Å²) in [6.45, 7) is 12.5. The molecule has 4 aliphatic rings. The molecule has 2 atom stereocenters. The first kappa shape index (κ1) is 40.1. The normalized spacial score (nSPS) is 19.7. The number of fused-ring (bicyclic) bond motifs is 7. The third-order valence-electron chi connectivity index (χ3n) is 15.6. The Morgan fingerprint density at radius 3 is 2.02 bits per heavy atom. The van der Waals surface area contributed by atoms with Crippen LogP contribution in [0.15, 0.2) is 230 Å². The summed E-state index contributed by atoms with van der Waals surface area (Å²) in [4.78, 5) is 2.68. The fourth-order valence-electron chi connectivity index (χ4n) is 12.8. The van der Waals surface area contributed by atoms with Crippen LogP contribution < -0.4 is 4.90 Å². The Morgan fingerprint density at radius 1 is 0.672 bits per heavy atom. The molecule has 7 aromatic rings. The van der Waals surface area contributed by atoms with E-state index in [1.807, 2.05) is 0 Å². The van der Waals surface area contributed by atoms with E-state index in [1.165, 1.54) is 121 Å². The fourth-order valence-corrected chi connectivity index (χ4v) is 12.8. The molecule has 2 unspecified atom stereocenters. The predicted octanol–water partition coefficient (Wildman–Crippen LogP) is 16.1. The van der Waals surface area contributed by atoms with Crippen molar-refractivity contribution in [2.45, 2.75) is 68.6 Å². The second-order valence-corrected chi connectivity index (χ2v) is 18.6. The van der Waals surface area contributed by atoms with Crippen LogP contribution in [0.3, 0.4) is 0 Å². The van der Waals surface area contributed by atoms with Gasteiger partial charge in [-0.1, -0.05) is 208 Å². The molecule has 1 spiro atoms. The number of allylic oxidation sites excluding steroid dienone is 8. The summed E-state index contributed by atoms with van der Waals surface area (Å²) in [7, 11) is 0. The molecule has 1 saturated carbocycles. The molecule has 64 heavy (non-hydrogen) atoms. The van der Waals surface area contributed by atoms with Crippen LogP contribution in [0.5, 0.6) is 0 Å². The van der Waals surface area contributed by atoms with Crippen LogP contribution in [-0.2, 0) is 10.8 Å². The molecule has 0 radical (unpaired) electrons. The molecule has 11 rings (SSSR count). The number of rotatable bonds is 10. The van der Waals surface area contributed by atoms with Gasteiger partial charge in [0.25, 0.3) is 0 Å². The fraction of sp³-hybridized carbons (Fsp3) is 0.206. The monoisotopic (exact) mass is 827 g/mol. The molecule has 1 fully saturated rings. The first-order valence-electron chi connectivity index (χ1n) is 23.6. The molecule has 0 bridgehead atoms. The lowest BCUT2D eigenvalue weighted by molar-refractivity contribution is 0.232. The molecule has 4 aliphatic carbocycles. The van der Waals surface area contributed by atoms with Crippen LogP contribution in [0.2, 0.25) is 0 Å². The van der Waals surface area contributed by atoms with Gasteiger partial charge in [-0.3, -0.25) is 0 Å². The van der Waals surface area contributed by atoms with Crippen molar-refractivity contribution in [2.24, 2.45) is 5.92 Å². The number of hydrogen-bond donors (Lipinski definition) is 0. The Hall–Kier alpha value is -6.70. The lowest BCUT2D eigenvalue weighted by Crippen LogP contribution is -2.35. The highest BCUT2D eigenvalue weighted by molar-refractivity contribution is 6.13. The van der Waals surface area contributed by atoms with Gasteiger partial charge >= 0.3 is 0 Å². The van der Waals surface area contributed by atoms with Crippen LogP contribution in [0.1, 0.15) is 91.2 Å². The third-order valence-corrected chi connectivity index (χ3v) is 15.6. The molecule has 0 heterocycles. The SMILES string of the molecule is C=CC1C(C(=C)/C(=C/C=C\C)CN(C2=CC3=C(CC2)c2ccccc2C3(c2ccccc2)c2ccccc2)c2cc3ccccc3c3ccccc23)c2ccccc2C12CCCCC2. The average molecular weight is 828 g/mol. The first-order chi connectivity index (χ1) is 31.6. The Morgan fingerprint density at radius 2 is 1.30 bits per heavy atom. The van der Waals surface area contributed by atoms with Crippen molar-refractivity contribution < 1.29 is 0 Å². The van der Waals surface area contributed by atoms with Crippen LogP contribution in [0.4, 0.5) is 5.69 Å². The van der Waals surface area contributed by atoms with Gasteiger partial charge < -0.3 is 4.90 Å². The zero-order valence-electron chi connectivity index (χ0n) is 37.1. The van der Waals surface area contributed by atoms with Crippen molar-refractivity contribution in [1.82, 2.24) is 0 Å². The number of anilines is 1. The van der Waals surface area contributed by atoms with Gasteiger partial charge in [0.05, 0.1) is 5.41 Å². The van der Waals surface area contributed by atoms with E-state index in [4.69, 9.17) is 6.58 Å². The van der Waals surface area contributed by atoms with E-state index in [-0.39, 0.29) is 17.3 Å². The van der Waals surface area contributed by atoms with Gasteiger partial charge in [-0.2, -0.15) is 0 Å². The van der Waals surface area contributed by atoms with E-state index >= 15 is 0 Å². The van der Waals surface area contributed by atoms with Crippen LogP contribution >= 0.6 is 0 Å². The van der Waals surface area contributed by atoms with Gasteiger partial charge in [0.15, 0.2) is 0 Å². The van der Waals surface area contributed by atoms with E-state index in [1.54, 1.807) is 0 Å². The summed E-state index contributed by atoms with van der Waals surface area (Å²) >= 11 is 0. The number of hydrogen-bond acceptors (Lipinski definition) is 1. The third kappa shape index (κ3) is 6.19. The highest BCUT2D eigenvalue weighted by Crippen LogP contribution is 2.61. The van der Waals surface area contributed by atoms with Crippen molar-refractivity contribution >= 4 is 32.8 Å². The summed E-state index contributed by atoms with van der Waals surface area (Å²) in [6, 6.07) is 61.4. The van der Waals surface area contributed by atoms with Crippen molar-refractivity contribution in [3.05, 3.63) is 263 Å². The maximum Gasteiger partial charge on any atom is 0.0710 e. The summed E-state index contributed by atoms with van der Waals surface area (Å²) < 4.78 is 0. The van der Waals surface area contributed by atoms with Gasteiger partial charge in [-0.25, -0.2) is 0 Å². The average Bonchev–Trinajstić information content (AvgIpc) is 3.81. The molecule has 314 valence electrons. The Labute approximate surface area is 380 Å². The summed E-state index contributed by atoms with van der Waals surface area (Å²) in [5.74, 6) is 0.443. The predicted molar refractivity (Wildman–Crippen MR) is 272 cm³/mol. The van der Waals surface area contributed by atoms with Crippen LogP contribution in [-0.4, -0.2) is 6.54 Å². The molecular formula is C63H57N. The maximum absolute atomic E-state index is 5.15. The van der Waals surface area contributed by atoms with Crippen LogP contribution in [0.25, 0.3) is 27.1 Å². The number of benzene rings is 7. The number of nitrogens with zero attached hydrogens (tertiary/aromatic N) is 1. The van der Waals surface area contributed by atoms with Gasteiger partial charge in [-0.05, 0) is 122 Å². The van der Waals surface area contributed by atoms with Crippen molar-refractivity contribution in [1.29, 1.82) is 0 Å². The molecule has 7 aromatic carbocycles. The minimum Gasteiger partial charge on any atom is -0.340 e. The Balaban J connectivity index is 1.13. The second kappa shape index (κ2) is 16.5. The smallest absolute Gasteiger partial charge is 0.0710 e. The largest absolute Gasteiger partial charge is 0.340 e. The van der Waals surface area contributed by atoms with Crippen molar-refractivity contribution in [2.75, 3.05) is 11.4 Å². The van der Waals surface area contributed by atoms with Crippen molar-refractivity contribution in [3.63, 3.8) is 0 Å². The molecule has 0 amide bonds. The first-order valence-corrected chi connectivity index (χ1v) is 23.6. The molecule has 0 N–H and O–H groups in total. The molecule has 0 aromatic heterocycles. The van der Waals surface area contributed by atoms with E-state index in [9.17, 15) is 0 Å². The summed E-state index contributed by atoms with van der Waals surface area (Å²) in [5.41, 5.74) is 15.8. The van der Waals surface area contributed by atoms with Crippen molar-refractivity contribution in [3.8, 4) is 0 Å². The maximum atomic E-state index is 5.15. The standard InChI is InChI=1S/C63H57N/c1-4-6-24-46(44(3)61-55-34-19-20-35-57(55)62(56(61)5-2)39-22-9-23-40-62)43-64(60-41-45-25-14-15-30-50(45)51-31-16-17-33-54(51)60)49-37-38-53-52-32-18-21-36-58(52)63(59(53)42-49,47-26-10-7-11-27-47)48-28-12-8-13-29-48/h4-8,10-21,24-36,41-42,56,61H,2-3,9,22-23,37-40,43H2,1H3/b6-4-,46-24+. The minimum absolute atomic E-state index is 0.106. The quantitative estimate of drug-likeness (QED) is 0.0754. The zero-order valence-corrected chi connectivity index (χ0v) is 37.1. The summed E-state index contributed by atoms with van der Waals surface area (Å²) in [5, 5.41) is 5.08. The lowest BCUT2D eigenvalue weighted by Gasteiger charge is -2.41. The van der Waals surface area contributed by atoms with Gasteiger partial charge in [0, 0.05) is 34.6 Å². The van der Waals surface area contributed by atoms with E-state index in [2.05, 4.69) is 213 Å². The summed E-state index contributed by atoms with van der Waals surface area (Å²) in [6.07, 6.45) is 19.8. The van der Waals surface area contributed by atoms with E-state index in [0.717, 1.165) is 12.8 Å². The molecule has 0 saturated heterocycles. The topological polar surface area (TPSA) is 3.24 Å². The molecule has 0 aliphatic heterocycles. The molecule has 1 heteroatoms. The second-order valence-electron chi connectivity index (χ2n) is 18.6. The van der Waals surface area contributed by atoms with Crippen LogP contribution in [0, 0.1) is 5.92 Å². The lowest BCUT2D eigenvalue weighted by atomic mass is 9.63. The van der Waals surface area contributed by atoms with Gasteiger partial charge in [0.1, 0.15) is 0 Å². The van der Waals surface area contributed by atoms with E-state index in [0.29, 0.717) is 6.54 Å². The Bertz CT molecular complexity index is 3020. The minimum atomic E-state index is -0.469. The van der Waals surface area contributed by atoms with Gasteiger partial charge in [0.2, 0.25) is 0 Å². The van der Waals surface area contributed by atoms with Gasteiger partial charge in [-0.15, -0.1) is 6.58 Å². The molecular weight excluding hydrogens is 771 g/mol. The zero-order chi connectivity index (χ0) is 43.3. The highest BCUT2D eigenvalue weighted by atomic mass is 15.1. The molecule has 1 nitrogen and oxygen atoms in total.